The average Bonchev–Trinajstić information content (AvgIpc) is 2.97. The van der Waals surface area contributed by atoms with Crippen molar-refractivity contribution >= 4 is 5.91 Å². The van der Waals surface area contributed by atoms with E-state index in [9.17, 15) is 4.79 Å². The molecule has 0 aliphatic carbocycles. The van der Waals surface area contributed by atoms with Crippen LogP contribution < -0.4 is 5.32 Å². The van der Waals surface area contributed by atoms with E-state index in [4.69, 9.17) is 4.74 Å². The quantitative estimate of drug-likeness (QED) is 0.939. The lowest BCUT2D eigenvalue weighted by Crippen LogP contribution is -2.39. The Morgan fingerprint density at radius 1 is 1.39 bits per heavy atom. The van der Waals surface area contributed by atoms with Crippen molar-refractivity contribution in [2.45, 2.75) is 39.3 Å². The molecule has 1 fully saturated rings. The third-order valence-electron chi connectivity index (χ3n) is 4.05. The molecule has 0 spiro atoms. The summed E-state index contributed by atoms with van der Waals surface area (Å²) in [4.78, 5) is 16.6. The number of pyridine rings is 1. The number of amides is 1. The van der Waals surface area contributed by atoms with Gasteiger partial charge in [-0.05, 0) is 44.9 Å². The second kappa shape index (κ2) is 6.91. The van der Waals surface area contributed by atoms with Gasteiger partial charge in [-0.15, -0.1) is 0 Å². The third kappa shape index (κ3) is 3.59. The third-order valence-corrected chi connectivity index (χ3v) is 4.05. The highest BCUT2D eigenvalue weighted by molar-refractivity contribution is 5.92. The lowest BCUT2D eigenvalue weighted by atomic mass is 10.1. The van der Waals surface area contributed by atoms with Crippen LogP contribution in [0.4, 0.5) is 0 Å². The van der Waals surface area contributed by atoms with Gasteiger partial charge in [-0.2, -0.15) is 5.10 Å². The fraction of sp³-hybridized carbons (Fsp3) is 0.471. The summed E-state index contributed by atoms with van der Waals surface area (Å²) in [5.41, 5.74) is 3.41. The highest BCUT2D eigenvalue weighted by Gasteiger charge is 2.18. The van der Waals surface area contributed by atoms with Gasteiger partial charge in [0.2, 0.25) is 0 Å². The average molecular weight is 314 g/mol. The van der Waals surface area contributed by atoms with Crippen molar-refractivity contribution in [2.24, 2.45) is 0 Å². The van der Waals surface area contributed by atoms with Crippen molar-refractivity contribution in [3.8, 4) is 11.3 Å². The van der Waals surface area contributed by atoms with Gasteiger partial charge >= 0.3 is 0 Å². The number of aryl methyl sites for hydroxylation is 2. The largest absolute Gasteiger partial charge is 0.381 e. The molecule has 0 aromatic carbocycles. The Labute approximate surface area is 135 Å². The zero-order chi connectivity index (χ0) is 16.2. The number of hydrogen-bond donors (Lipinski definition) is 1. The minimum Gasteiger partial charge on any atom is -0.381 e. The van der Waals surface area contributed by atoms with E-state index in [2.05, 4.69) is 22.3 Å². The summed E-state index contributed by atoms with van der Waals surface area (Å²) in [6, 6.07) is 5.91. The molecular formula is C17H22N4O2. The summed E-state index contributed by atoms with van der Waals surface area (Å²) in [7, 11) is 0. The van der Waals surface area contributed by atoms with E-state index in [-0.39, 0.29) is 11.9 Å². The van der Waals surface area contributed by atoms with Crippen LogP contribution >= 0.6 is 0 Å². The van der Waals surface area contributed by atoms with Crippen molar-refractivity contribution in [3.05, 3.63) is 35.8 Å². The minimum absolute atomic E-state index is 0.122. The molecule has 1 N–H and O–H groups in total. The van der Waals surface area contributed by atoms with Gasteiger partial charge in [0.15, 0.2) is 0 Å². The van der Waals surface area contributed by atoms with Crippen LogP contribution in [0.2, 0.25) is 0 Å². The molecule has 2 aromatic heterocycles. The van der Waals surface area contributed by atoms with Crippen molar-refractivity contribution in [3.63, 3.8) is 0 Å². The molecule has 1 aliphatic rings. The normalized spacial score (nSPS) is 15.6. The van der Waals surface area contributed by atoms with E-state index < -0.39 is 0 Å². The van der Waals surface area contributed by atoms with E-state index in [1.165, 1.54) is 0 Å². The van der Waals surface area contributed by atoms with Gasteiger partial charge in [-0.3, -0.25) is 14.5 Å². The first kappa shape index (κ1) is 15.7. The second-order valence-electron chi connectivity index (χ2n) is 5.78. The molecule has 3 heterocycles. The summed E-state index contributed by atoms with van der Waals surface area (Å²) in [6.45, 7) is 6.24. The molecule has 6 heteroatoms. The Bertz CT molecular complexity index is 672. The number of carbonyl (C=O) groups excluding carboxylic acids is 1. The van der Waals surface area contributed by atoms with Gasteiger partial charge in [-0.1, -0.05) is 0 Å². The highest BCUT2D eigenvalue weighted by atomic mass is 16.5. The van der Waals surface area contributed by atoms with E-state index >= 15 is 0 Å². The molecule has 0 bridgehead atoms. The molecule has 23 heavy (non-hydrogen) atoms. The monoisotopic (exact) mass is 314 g/mol. The van der Waals surface area contributed by atoms with Gasteiger partial charge < -0.3 is 10.1 Å². The maximum absolute atomic E-state index is 12.3. The van der Waals surface area contributed by atoms with Crippen LogP contribution in [0, 0.1) is 6.92 Å². The zero-order valence-corrected chi connectivity index (χ0v) is 13.6. The van der Waals surface area contributed by atoms with Crippen LogP contribution in [-0.2, 0) is 11.3 Å². The van der Waals surface area contributed by atoms with E-state index in [0.717, 1.165) is 36.3 Å². The molecule has 0 atom stereocenters. The van der Waals surface area contributed by atoms with Crippen LogP contribution in [0.5, 0.6) is 0 Å². The fourth-order valence-electron chi connectivity index (χ4n) is 2.80. The summed E-state index contributed by atoms with van der Waals surface area (Å²) < 4.78 is 7.24. The van der Waals surface area contributed by atoms with Crippen LogP contribution in [0.15, 0.2) is 24.4 Å². The number of nitrogens with one attached hydrogen (secondary N) is 1. The van der Waals surface area contributed by atoms with Crippen LogP contribution in [-0.4, -0.2) is 39.9 Å². The maximum Gasteiger partial charge on any atom is 0.270 e. The number of rotatable bonds is 4. The molecule has 3 rings (SSSR count). The Balaban J connectivity index is 1.72. The van der Waals surface area contributed by atoms with Crippen LogP contribution in [0.3, 0.4) is 0 Å². The van der Waals surface area contributed by atoms with Crippen molar-refractivity contribution < 1.29 is 9.53 Å². The number of nitrogens with zero attached hydrogens (tertiary/aromatic N) is 3. The topological polar surface area (TPSA) is 69.0 Å². The molecule has 0 unspecified atom stereocenters. The Kier molecular flexibility index (Phi) is 4.71. The first-order chi connectivity index (χ1) is 11.2. The first-order valence-corrected chi connectivity index (χ1v) is 8.07. The lowest BCUT2D eigenvalue weighted by Gasteiger charge is -2.22. The summed E-state index contributed by atoms with van der Waals surface area (Å²) in [6.07, 6.45) is 3.46. The van der Waals surface area contributed by atoms with Crippen LogP contribution in [0.1, 0.15) is 35.9 Å². The van der Waals surface area contributed by atoms with Gasteiger partial charge in [0.05, 0.1) is 11.4 Å². The summed E-state index contributed by atoms with van der Waals surface area (Å²) in [5.74, 6) is -0.122. The molecule has 2 aromatic rings. The second-order valence-corrected chi connectivity index (χ2v) is 5.78. The molecule has 1 aliphatic heterocycles. The predicted octanol–water partition coefficient (Wildman–Crippen LogP) is 2.18. The number of ether oxygens (including phenoxy) is 1. The molecule has 6 nitrogen and oxygen atoms in total. The molecule has 1 amide bonds. The van der Waals surface area contributed by atoms with Gasteiger partial charge in [0, 0.05) is 37.6 Å². The number of carbonyl (C=O) groups is 1. The van der Waals surface area contributed by atoms with Crippen molar-refractivity contribution in [2.75, 3.05) is 13.2 Å². The molecule has 0 radical (unpaired) electrons. The highest BCUT2D eigenvalue weighted by Crippen LogP contribution is 2.20. The van der Waals surface area contributed by atoms with Crippen LogP contribution in [0.25, 0.3) is 11.3 Å². The van der Waals surface area contributed by atoms with Gasteiger partial charge in [0.1, 0.15) is 5.69 Å². The molecular weight excluding hydrogens is 292 g/mol. The van der Waals surface area contributed by atoms with Crippen molar-refractivity contribution in [1.29, 1.82) is 0 Å². The van der Waals surface area contributed by atoms with E-state index in [0.29, 0.717) is 18.9 Å². The zero-order valence-electron chi connectivity index (χ0n) is 13.6. The smallest absolute Gasteiger partial charge is 0.270 e. The van der Waals surface area contributed by atoms with Crippen molar-refractivity contribution in [1.82, 2.24) is 20.1 Å². The standard InChI is InChI=1S/C17H22N4O2/c1-3-21-16(10-12(2)20-21)13-4-5-15(18-11-13)17(22)19-14-6-8-23-9-7-14/h4-5,10-11,14H,3,6-9H2,1-2H3,(H,19,22). The lowest BCUT2D eigenvalue weighted by molar-refractivity contribution is 0.0694. The minimum atomic E-state index is -0.122. The Morgan fingerprint density at radius 2 is 2.17 bits per heavy atom. The molecule has 0 saturated carbocycles. The Morgan fingerprint density at radius 3 is 2.83 bits per heavy atom. The number of hydrogen-bond acceptors (Lipinski definition) is 4. The van der Waals surface area contributed by atoms with E-state index in [1.807, 2.05) is 23.7 Å². The fourth-order valence-corrected chi connectivity index (χ4v) is 2.80. The van der Waals surface area contributed by atoms with Gasteiger partial charge in [-0.25, -0.2) is 0 Å². The molecule has 1 saturated heterocycles. The van der Waals surface area contributed by atoms with Gasteiger partial charge in [0.25, 0.3) is 5.91 Å². The summed E-state index contributed by atoms with van der Waals surface area (Å²) >= 11 is 0. The first-order valence-electron chi connectivity index (χ1n) is 8.07. The molecule has 122 valence electrons. The Hall–Kier alpha value is -2.21. The van der Waals surface area contributed by atoms with E-state index in [1.54, 1.807) is 12.3 Å². The maximum atomic E-state index is 12.3. The summed E-state index contributed by atoms with van der Waals surface area (Å²) in [5, 5.41) is 7.46. The SMILES string of the molecule is CCn1nc(C)cc1-c1ccc(C(=O)NC2CCOCC2)nc1. The number of aromatic nitrogens is 3. The predicted molar refractivity (Wildman–Crippen MR) is 87.2 cm³/mol.